The summed E-state index contributed by atoms with van der Waals surface area (Å²) in [5.74, 6) is 6.49. The van der Waals surface area contributed by atoms with E-state index in [1.807, 2.05) is 0 Å². The quantitative estimate of drug-likeness (QED) is 0.632. The maximum Gasteiger partial charge on any atom is 0.130 e. The van der Waals surface area contributed by atoms with Gasteiger partial charge in [0.05, 0.1) is 6.04 Å². The highest BCUT2D eigenvalue weighted by molar-refractivity contribution is 7.99. The molecule has 1 fully saturated rings. The average Bonchev–Trinajstić information content (AvgIpc) is 2.77. The number of thioether (sulfide) groups is 1. The van der Waals surface area contributed by atoms with Gasteiger partial charge in [-0.3, -0.25) is 11.3 Å². The third kappa shape index (κ3) is 2.21. The molecular formula is C11H14F2N2S. The van der Waals surface area contributed by atoms with E-state index in [4.69, 9.17) is 5.84 Å². The van der Waals surface area contributed by atoms with Gasteiger partial charge in [0, 0.05) is 5.56 Å². The molecule has 1 saturated heterocycles. The van der Waals surface area contributed by atoms with Crippen molar-refractivity contribution < 1.29 is 8.78 Å². The maximum absolute atomic E-state index is 13.6. The summed E-state index contributed by atoms with van der Waals surface area (Å²) in [6, 6.07) is 3.47. The molecule has 5 heteroatoms. The molecule has 1 aromatic carbocycles. The van der Waals surface area contributed by atoms with E-state index in [2.05, 4.69) is 5.43 Å². The predicted octanol–water partition coefficient (Wildman–Crippen LogP) is 2.22. The van der Waals surface area contributed by atoms with E-state index in [9.17, 15) is 8.78 Å². The highest BCUT2D eigenvalue weighted by Crippen LogP contribution is 2.35. The Morgan fingerprint density at radius 2 is 2.06 bits per heavy atom. The van der Waals surface area contributed by atoms with Gasteiger partial charge in [-0.2, -0.15) is 11.8 Å². The lowest BCUT2D eigenvalue weighted by Gasteiger charge is -2.23. The van der Waals surface area contributed by atoms with E-state index >= 15 is 0 Å². The Bertz CT molecular complexity index is 347. The van der Waals surface area contributed by atoms with Gasteiger partial charge in [0.15, 0.2) is 0 Å². The van der Waals surface area contributed by atoms with Crippen LogP contribution in [-0.4, -0.2) is 11.5 Å². The number of nitrogens with one attached hydrogen (secondary N) is 1. The Balaban J connectivity index is 2.32. The van der Waals surface area contributed by atoms with Crippen LogP contribution in [0.25, 0.3) is 0 Å². The fourth-order valence-electron chi connectivity index (χ4n) is 2.08. The second-order valence-corrected chi connectivity index (χ2v) is 5.05. The minimum Gasteiger partial charge on any atom is -0.271 e. The molecule has 88 valence electrons. The van der Waals surface area contributed by atoms with Crippen molar-refractivity contribution in [3.8, 4) is 0 Å². The number of benzene rings is 1. The molecule has 0 spiro atoms. The van der Waals surface area contributed by atoms with Crippen LogP contribution in [0.3, 0.4) is 0 Å². The Morgan fingerprint density at radius 3 is 2.56 bits per heavy atom. The standard InChI is InChI=1S/C11H14F2N2S/c12-8-2-1-3-9(13)10(8)11(15-14)7-4-5-16-6-7/h1-3,7,11,15H,4-6,14H2. The van der Waals surface area contributed by atoms with Crippen LogP contribution in [-0.2, 0) is 0 Å². The summed E-state index contributed by atoms with van der Waals surface area (Å²) < 4.78 is 27.2. The van der Waals surface area contributed by atoms with E-state index in [1.54, 1.807) is 11.8 Å². The summed E-state index contributed by atoms with van der Waals surface area (Å²) in [5.41, 5.74) is 2.62. The first kappa shape index (κ1) is 11.8. The van der Waals surface area contributed by atoms with Crippen molar-refractivity contribution >= 4 is 11.8 Å². The highest BCUT2D eigenvalue weighted by atomic mass is 32.2. The van der Waals surface area contributed by atoms with Crippen LogP contribution in [0.15, 0.2) is 18.2 Å². The SMILES string of the molecule is NNC(c1c(F)cccc1F)C1CCSC1. The summed E-state index contributed by atoms with van der Waals surface area (Å²) in [4.78, 5) is 0. The van der Waals surface area contributed by atoms with Crippen molar-refractivity contribution in [1.82, 2.24) is 5.43 Å². The molecule has 0 bridgehead atoms. The summed E-state index contributed by atoms with van der Waals surface area (Å²) in [6.45, 7) is 0. The fourth-order valence-corrected chi connectivity index (χ4v) is 3.38. The zero-order valence-electron chi connectivity index (χ0n) is 8.75. The molecule has 0 radical (unpaired) electrons. The van der Waals surface area contributed by atoms with Crippen molar-refractivity contribution in [3.63, 3.8) is 0 Å². The van der Waals surface area contributed by atoms with Gasteiger partial charge < -0.3 is 0 Å². The van der Waals surface area contributed by atoms with Crippen LogP contribution in [0.2, 0.25) is 0 Å². The van der Waals surface area contributed by atoms with Gasteiger partial charge in [-0.15, -0.1) is 0 Å². The minimum atomic E-state index is -0.528. The number of hydrogen-bond donors (Lipinski definition) is 2. The Labute approximate surface area is 97.6 Å². The number of hydrogen-bond acceptors (Lipinski definition) is 3. The molecule has 1 heterocycles. The number of nitrogens with two attached hydrogens (primary N) is 1. The van der Waals surface area contributed by atoms with E-state index in [0.29, 0.717) is 0 Å². The van der Waals surface area contributed by atoms with Crippen molar-refractivity contribution in [3.05, 3.63) is 35.4 Å². The van der Waals surface area contributed by atoms with Gasteiger partial charge in [0.1, 0.15) is 11.6 Å². The minimum absolute atomic E-state index is 0.0671. The third-order valence-electron chi connectivity index (χ3n) is 2.93. The smallest absolute Gasteiger partial charge is 0.130 e. The number of hydrazine groups is 1. The van der Waals surface area contributed by atoms with E-state index in [0.717, 1.165) is 17.9 Å². The molecule has 2 unspecified atom stereocenters. The molecule has 2 rings (SSSR count). The molecule has 0 saturated carbocycles. The molecule has 0 aliphatic carbocycles. The summed E-state index contributed by atoms with van der Waals surface area (Å²) in [7, 11) is 0. The van der Waals surface area contributed by atoms with Gasteiger partial charge in [-0.1, -0.05) is 6.07 Å². The second kappa shape index (κ2) is 5.12. The molecule has 2 atom stereocenters. The Morgan fingerprint density at radius 1 is 1.38 bits per heavy atom. The number of rotatable bonds is 3. The summed E-state index contributed by atoms with van der Waals surface area (Å²) in [5, 5.41) is 0. The first-order chi connectivity index (χ1) is 7.74. The van der Waals surface area contributed by atoms with Crippen molar-refractivity contribution in [2.24, 2.45) is 11.8 Å². The lowest BCUT2D eigenvalue weighted by atomic mass is 9.92. The van der Waals surface area contributed by atoms with Crippen LogP contribution in [0.4, 0.5) is 8.78 Å². The zero-order chi connectivity index (χ0) is 11.5. The Hall–Kier alpha value is -0.650. The third-order valence-corrected chi connectivity index (χ3v) is 4.11. The van der Waals surface area contributed by atoms with Gasteiger partial charge in [-0.05, 0) is 36.0 Å². The lowest BCUT2D eigenvalue weighted by Crippen LogP contribution is -2.35. The van der Waals surface area contributed by atoms with Crippen LogP contribution in [0.1, 0.15) is 18.0 Å². The molecule has 3 N–H and O–H groups in total. The van der Waals surface area contributed by atoms with E-state index in [1.165, 1.54) is 18.2 Å². The van der Waals surface area contributed by atoms with Gasteiger partial charge in [-0.25, -0.2) is 8.78 Å². The predicted molar refractivity (Wildman–Crippen MR) is 61.9 cm³/mol. The second-order valence-electron chi connectivity index (χ2n) is 3.90. The summed E-state index contributed by atoms with van der Waals surface area (Å²) in [6.07, 6.45) is 0.938. The fraction of sp³-hybridized carbons (Fsp3) is 0.455. The molecule has 2 nitrogen and oxygen atoms in total. The first-order valence-corrected chi connectivity index (χ1v) is 6.37. The normalized spacial score (nSPS) is 22.3. The highest BCUT2D eigenvalue weighted by Gasteiger charge is 2.29. The van der Waals surface area contributed by atoms with Gasteiger partial charge in [0.25, 0.3) is 0 Å². The lowest BCUT2D eigenvalue weighted by molar-refractivity contribution is 0.371. The largest absolute Gasteiger partial charge is 0.271 e. The first-order valence-electron chi connectivity index (χ1n) is 5.22. The molecule has 0 amide bonds. The molecule has 1 aromatic rings. The van der Waals surface area contributed by atoms with Gasteiger partial charge in [0.2, 0.25) is 0 Å². The molecule has 0 aromatic heterocycles. The molecular weight excluding hydrogens is 230 g/mol. The van der Waals surface area contributed by atoms with Crippen molar-refractivity contribution in [1.29, 1.82) is 0 Å². The molecule has 1 aliphatic rings. The van der Waals surface area contributed by atoms with Gasteiger partial charge >= 0.3 is 0 Å². The van der Waals surface area contributed by atoms with E-state index in [-0.39, 0.29) is 11.5 Å². The number of halogens is 2. The average molecular weight is 244 g/mol. The maximum atomic E-state index is 13.6. The van der Waals surface area contributed by atoms with Crippen LogP contribution < -0.4 is 11.3 Å². The summed E-state index contributed by atoms with van der Waals surface area (Å²) >= 11 is 1.79. The van der Waals surface area contributed by atoms with Crippen molar-refractivity contribution in [2.75, 3.05) is 11.5 Å². The molecule has 16 heavy (non-hydrogen) atoms. The van der Waals surface area contributed by atoms with Crippen LogP contribution >= 0.6 is 11.8 Å². The van der Waals surface area contributed by atoms with Crippen LogP contribution in [0.5, 0.6) is 0 Å². The van der Waals surface area contributed by atoms with E-state index < -0.39 is 17.7 Å². The monoisotopic (exact) mass is 244 g/mol. The zero-order valence-corrected chi connectivity index (χ0v) is 9.57. The molecule has 1 aliphatic heterocycles. The van der Waals surface area contributed by atoms with Crippen LogP contribution in [0, 0.1) is 17.6 Å². The van der Waals surface area contributed by atoms with Crippen molar-refractivity contribution in [2.45, 2.75) is 12.5 Å². The topological polar surface area (TPSA) is 38.0 Å². The Kier molecular flexibility index (Phi) is 3.78.